The number of pyridine rings is 1. The first kappa shape index (κ1) is 8.22. The summed E-state index contributed by atoms with van der Waals surface area (Å²) in [5, 5.41) is 8.84. The zero-order valence-corrected chi connectivity index (χ0v) is 7.09. The highest BCUT2D eigenvalue weighted by Gasteiger charge is 2.08. The smallest absolute Gasteiger partial charge is 0.137 e. The van der Waals surface area contributed by atoms with Crippen molar-refractivity contribution in [3.63, 3.8) is 0 Å². The van der Waals surface area contributed by atoms with Crippen molar-refractivity contribution < 1.29 is 5.11 Å². The zero-order valence-electron chi connectivity index (χ0n) is 7.09. The average molecular weight is 177 g/mol. The quantitative estimate of drug-likeness (QED) is 0.694. The fourth-order valence-electron chi connectivity index (χ4n) is 1.23. The maximum Gasteiger partial charge on any atom is 0.137 e. The highest BCUT2D eigenvalue weighted by Crippen LogP contribution is 2.10. The Bertz CT molecular complexity index is 377. The SMILES string of the molecule is N[C@@H](CO)c1cn2ccccc2n1. The predicted molar refractivity (Wildman–Crippen MR) is 49.2 cm³/mol. The summed E-state index contributed by atoms with van der Waals surface area (Å²) in [7, 11) is 0. The Morgan fingerprint density at radius 3 is 3.08 bits per heavy atom. The van der Waals surface area contributed by atoms with Crippen LogP contribution >= 0.6 is 0 Å². The van der Waals surface area contributed by atoms with Gasteiger partial charge in [-0.25, -0.2) is 4.98 Å². The van der Waals surface area contributed by atoms with E-state index in [1.807, 2.05) is 35.0 Å². The van der Waals surface area contributed by atoms with Crippen LogP contribution in [0.5, 0.6) is 0 Å². The third kappa shape index (κ3) is 1.41. The number of nitrogens with two attached hydrogens (primary N) is 1. The Kier molecular flexibility index (Phi) is 2.00. The van der Waals surface area contributed by atoms with Crippen LogP contribution in [0.1, 0.15) is 11.7 Å². The third-order valence-corrected chi connectivity index (χ3v) is 1.96. The summed E-state index contributed by atoms with van der Waals surface area (Å²) < 4.78 is 1.88. The number of rotatable bonds is 2. The number of aromatic nitrogens is 2. The number of hydrogen-bond donors (Lipinski definition) is 2. The number of imidazole rings is 1. The first-order valence-electron chi connectivity index (χ1n) is 4.11. The molecule has 0 amide bonds. The number of nitrogens with zero attached hydrogens (tertiary/aromatic N) is 2. The van der Waals surface area contributed by atoms with Crippen molar-refractivity contribution >= 4 is 5.65 Å². The maximum absolute atomic E-state index is 8.84. The van der Waals surface area contributed by atoms with Gasteiger partial charge in [-0.1, -0.05) is 6.07 Å². The zero-order chi connectivity index (χ0) is 9.26. The van der Waals surface area contributed by atoms with Crippen LogP contribution in [0, 0.1) is 0 Å². The Hall–Kier alpha value is -1.39. The predicted octanol–water partition coefficient (Wildman–Crippen LogP) is 0.326. The number of aliphatic hydroxyl groups excluding tert-OH is 1. The number of hydrogen-bond acceptors (Lipinski definition) is 3. The summed E-state index contributed by atoms with van der Waals surface area (Å²) in [4.78, 5) is 4.26. The molecule has 0 bridgehead atoms. The minimum atomic E-state index is -0.389. The van der Waals surface area contributed by atoms with E-state index in [-0.39, 0.29) is 12.6 Å². The number of aliphatic hydroxyl groups is 1. The first-order chi connectivity index (χ1) is 6.31. The van der Waals surface area contributed by atoms with E-state index in [0.29, 0.717) is 5.69 Å². The molecular weight excluding hydrogens is 166 g/mol. The molecule has 2 heterocycles. The number of fused-ring (bicyclic) bond motifs is 1. The molecule has 0 fully saturated rings. The minimum Gasteiger partial charge on any atom is -0.394 e. The summed E-state index contributed by atoms with van der Waals surface area (Å²) >= 11 is 0. The second kappa shape index (κ2) is 3.16. The largest absolute Gasteiger partial charge is 0.394 e. The lowest BCUT2D eigenvalue weighted by Gasteiger charge is -2.00. The topological polar surface area (TPSA) is 63.5 Å². The van der Waals surface area contributed by atoms with Crippen molar-refractivity contribution in [3.05, 3.63) is 36.3 Å². The summed E-state index contributed by atoms with van der Waals surface area (Å²) in [6.07, 6.45) is 3.73. The highest BCUT2D eigenvalue weighted by molar-refractivity contribution is 5.39. The van der Waals surface area contributed by atoms with E-state index in [0.717, 1.165) is 5.65 Å². The molecule has 2 aromatic rings. The summed E-state index contributed by atoms with van der Waals surface area (Å²) in [5.74, 6) is 0. The van der Waals surface area contributed by atoms with Gasteiger partial charge in [0, 0.05) is 12.4 Å². The fraction of sp³-hybridized carbons (Fsp3) is 0.222. The molecule has 4 heteroatoms. The fourth-order valence-corrected chi connectivity index (χ4v) is 1.23. The van der Waals surface area contributed by atoms with Crippen molar-refractivity contribution in [1.29, 1.82) is 0 Å². The molecule has 0 aliphatic carbocycles. The van der Waals surface area contributed by atoms with E-state index in [1.54, 1.807) is 0 Å². The summed E-state index contributed by atoms with van der Waals surface area (Å²) in [6.45, 7) is -0.0795. The van der Waals surface area contributed by atoms with Gasteiger partial charge in [0.2, 0.25) is 0 Å². The van der Waals surface area contributed by atoms with Crippen LogP contribution in [0.4, 0.5) is 0 Å². The highest BCUT2D eigenvalue weighted by atomic mass is 16.3. The normalized spacial score (nSPS) is 13.4. The standard InChI is InChI=1S/C9H11N3O/c10-7(6-13)8-5-12-4-2-1-3-9(12)11-8/h1-5,7,13H,6,10H2/t7-/m0/s1. The molecule has 1 atom stereocenters. The van der Waals surface area contributed by atoms with E-state index >= 15 is 0 Å². The van der Waals surface area contributed by atoms with Gasteiger partial charge in [-0.2, -0.15) is 0 Å². The third-order valence-electron chi connectivity index (χ3n) is 1.96. The molecule has 0 spiro atoms. The van der Waals surface area contributed by atoms with E-state index in [9.17, 15) is 0 Å². The van der Waals surface area contributed by atoms with Crippen LogP contribution < -0.4 is 5.73 Å². The average Bonchev–Trinajstić information content (AvgIpc) is 2.59. The van der Waals surface area contributed by atoms with Gasteiger partial charge in [-0.05, 0) is 12.1 Å². The molecule has 0 saturated carbocycles. The molecule has 2 aromatic heterocycles. The van der Waals surface area contributed by atoms with Gasteiger partial charge in [0.05, 0.1) is 18.3 Å². The molecule has 0 aliphatic rings. The Labute approximate surface area is 75.6 Å². The lowest BCUT2D eigenvalue weighted by atomic mass is 10.2. The van der Waals surface area contributed by atoms with Crippen LogP contribution in [0.15, 0.2) is 30.6 Å². The van der Waals surface area contributed by atoms with Crippen LogP contribution in [0.25, 0.3) is 5.65 Å². The van der Waals surface area contributed by atoms with Crippen molar-refractivity contribution in [2.45, 2.75) is 6.04 Å². The molecule has 0 unspecified atom stereocenters. The second-order valence-electron chi connectivity index (χ2n) is 2.92. The minimum absolute atomic E-state index is 0.0795. The molecule has 3 N–H and O–H groups in total. The molecule has 2 rings (SSSR count). The summed E-state index contributed by atoms with van der Waals surface area (Å²) in [5.41, 5.74) is 7.20. The first-order valence-corrected chi connectivity index (χ1v) is 4.11. The lowest BCUT2D eigenvalue weighted by Crippen LogP contribution is -2.14. The van der Waals surface area contributed by atoms with Crippen molar-refractivity contribution in [3.8, 4) is 0 Å². The Morgan fingerprint density at radius 1 is 1.54 bits per heavy atom. The van der Waals surface area contributed by atoms with E-state index < -0.39 is 0 Å². The molecule has 0 aromatic carbocycles. The second-order valence-corrected chi connectivity index (χ2v) is 2.92. The lowest BCUT2D eigenvalue weighted by molar-refractivity contribution is 0.266. The van der Waals surface area contributed by atoms with Crippen LogP contribution in [0.2, 0.25) is 0 Å². The van der Waals surface area contributed by atoms with Crippen LogP contribution in [-0.2, 0) is 0 Å². The van der Waals surface area contributed by atoms with Gasteiger partial charge in [-0.3, -0.25) is 0 Å². The van der Waals surface area contributed by atoms with E-state index in [1.165, 1.54) is 0 Å². The van der Waals surface area contributed by atoms with Gasteiger partial charge in [0.15, 0.2) is 0 Å². The van der Waals surface area contributed by atoms with Gasteiger partial charge < -0.3 is 15.2 Å². The van der Waals surface area contributed by atoms with Gasteiger partial charge in [0.1, 0.15) is 5.65 Å². The van der Waals surface area contributed by atoms with Crippen molar-refractivity contribution in [1.82, 2.24) is 9.38 Å². The van der Waals surface area contributed by atoms with Crippen molar-refractivity contribution in [2.75, 3.05) is 6.61 Å². The Balaban J connectivity index is 2.49. The Morgan fingerprint density at radius 2 is 2.38 bits per heavy atom. The van der Waals surface area contributed by atoms with Crippen LogP contribution in [-0.4, -0.2) is 21.1 Å². The van der Waals surface area contributed by atoms with Gasteiger partial charge >= 0.3 is 0 Å². The molecule has 0 radical (unpaired) electrons. The summed E-state index contributed by atoms with van der Waals surface area (Å²) in [6, 6.07) is 5.34. The molecule has 0 aliphatic heterocycles. The van der Waals surface area contributed by atoms with Gasteiger partial charge in [-0.15, -0.1) is 0 Å². The van der Waals surface area contributed by atoms with Crippen LogP contribution in [0.3, 0.4) is 0 Å². The molecular formula is C9H11N3O. The van der Waals surface area contributed by atoms with Gasteiger partial charge in [0.25, 0.3) is 0 Å². The van der Waals surface area contributed by atoms with E-state index in [2.05, 4.69) is 4.98 Å². The molecule has 0 saturated heterocycles. The molecule has 4 nitrogen and oxygen atoms in total. The van der Waals surface area contributed by atoms with Crippen molar-refractivity contribution in [2.24, 2.45) is 5.73 Å². The monoisotopic (exact) mass is 177 g/mol. The molecule has 13 heavy (non-hydrogen) atoms. The maximum atomic E-state index is 8.84. The van der Waals surface area contributed by atoms with E-state index in [4.69, 9.17) is 10.8 Å². The molecule has 68 valence electrons.